The summed E-state index contributed by atoms with van der Waals surface area (Å²) in [7, 11) is 0. The Morgan fingerprint density at radius 1 is 1.09 bits per heavy atom. The third kappa shape index (κ3) is 5.76. The number of carbonyl (C=O) groups is 2. The van der Waals surface area contributed by atoms with Gasteiger partial charge in [-0.3, -0.25) is 4.79 Å². The Morgan fingerprint density at radius 3 is 2.47 bits per heavy atom. The first-order valence-corrected chi connectivity index (χ1v) is 11.1. The highest BCUT2D eigenvalue weighted by Crippen LogP contribution is 2.26. The number of hydrogen-bond acceptors (Lipinski definition) is 5. The number of esters is 1. The standard InChI is InChI=1S/C26H29N3O3/c1-3-24(21-10-9-18-7-5-6-8-20(18)15-21)28-17-22(16-27)25(30)29-23-13-11-19(12-14-23)26(31)32-4-2/h9-15,17,24,28H,3-8H2,1-2H3,(H,29,30)/b22-17-. The summed E-state index contributed by atoms with van der Waals surface area (Å²) in [6, 6.07) is 14.9. The van der Waals surface area contributed by atoms with E-state index >= 15 is 0 Å². The molecule has 166 valence electrons. The summed E-state index contributed by atoms with van der Waals surface area (Å²) in [6.07, 6.45) is 7.02. The third-order valence-corrected chi connectivity index (χ3v) is 5.63. The van der Waals surface area contributed by atoms with Gasteiger partial charge < -0.3 is 15.4 Å². The Labute approximate surface area is 189 Å². The number of ether oxygens (including phenoxy) is 1. The lowest BCUT2D eigenvalue weighted by molar-refractivity contribution is -0.112. The molecule has 0 bridgehead atoms. The number of amides is 1. The van der Waals surface area contributed by atoms with E-state index < -0.39 is 11.9 Å². The van der Waals surface area contributed by atoms with E-state index in [1.807, 2.05) is 6.07 Å². The van der Waals surface area contributed by atoms with Gasteiger partial charge in [-0.05, 0) is 80.0 Å². The maximum atomic E-state index is 12.6. The molecule has 6 heteroatoms. The Morgan fingerprint density at radius 2 is 1.81 bits per heavy atom. The minimum atomic E-state index is -0.510. The number of aryl methyl sites for hydroxylation is 2. The number of hydrogen-bond donors (Lipinski definition) is 2. The van der Waals surface area contributed by atoms with Gasteiger partial charge in [0.05, 0.1) is 18.2 Å². The number of nitrogens with one attached hydrogen (secondary N) is 2. The number of anilines is 1. The first-order valence-electron chi connectivity index (χ1n) is 11.1. The molecule has 1 unspecified atom stereocenters. The fourth-order valence-corrected chi connectivity index (χ4v) is 3.85. The van der Waals surface area contributed by atoms with Crippen molar-refractivity contribution in [2.75, 3.05) is 11.9 Å². The molecular weight excluding hydrogens is 402 g/mol. The van der Waals surface area contributed by atoms with Crippen molar-refractivity contribution in [1.82, 2.24) is 5.32 Å². The predicted octanol–water partition coefficient (Wildman–Crippen LogP) is 4.83. The second kappa shape index (κ2) is 11.1. The monoisotopic (exact) mass is 431 g/mol. The molecule has 0 fully saturated rings. The van der Waals surface area contributed by atoms with Crippen LogP contribution in [0.15, 0.2) is 54.2 Å². The average Bonchev–Trinajstić information content (AvgIpc) is 2.82. The fourth-order valence-electron chi connectivity index (χ4n) is 3.85. The number of benzene rings is 2. The number of nitriles is 1. The molecule has 0 spiro atoms. The van der Waals surface area contributed by atoms with Gasteiger partial charge >= 0.3 is 5.97 Å². The van der Waals surface area contributed by atoms with E-state index in [1.54, 1.807) is 31.2 Å². The summed E-state index contributed by atoms with van der Waals surface area (Å²) in [6.45, 7) is 4.11. The average molecular weight is 432 g/mol. The molecular formula is C26H29N3O3. The predicted molar refractivity (Wildman–Crippen MR) is 124 cm³/mol. The fraction of sp³-hybridized carbons (Fsp3) is 0.346. The van der Waals surface area contributed by atoms with E-state index in [9.17, 15) is 14.9 Å². The van der Waals surface area contributed by atoms with Gasteiger partial charge in [0.1, 0.15) is 11.6 Å². The van der Waals surface area contributed by atoms with Crippen molar-refractivity contribution in [3.05, 3.63) is 76.5 Å². The van der Waals surface area contributed by atoms with Gasteiger partial charge in [-0.15, -0.1) is 0 Å². The van der Waals surface area contributed by atoms with Gasteiger partial charge in [-0.1, -0.05) is 25.1 Å². The van der Waals surface area contributed by atoms with Crippen molar-refractivity contribution in [2.45, 2.75) is 52.0 Å². The van der Waals surface area contributed by atoms with E-state index in [4.69, 9.17) is 4.74 Å². The second-order valence-corrected chi connectivity index (χ2v) is 7.78. The number of carbonyl (C=O) groups excluding carboxylic acids is 2. The lowest BCUT2D eigenvalue weighted by atomic mass is 9.89. The Bertz CT molecular complexity index is 1040. The highest BCUT2D eigenvalue weighted by atomic mass is 16.5. The van der Waals surface area contributed by atoms with Crippen LogP contribution in [0.2, 0.25) is 0 Å². The molecule has 2 aromatic carbocycles. The SMILES string of the molecule is CCOC(=O)c1ccc(NC(=O)/C(C#N)=C\NC(CC)c2ccc3c(c2)CCCC3)cc1. The molecule has 0 aliphatic heterocycles. The van der Waals surface area contributed by atoms with Gasteiger partial charge in [0.15, 0.2) is 0 Å². The zero-order chi connectivity index (χ0) is 22.9. The van der Waals surface area contributed by atoms with Crippen molar-refractivity contribution in [2.24, 2.45) is 0 Å². The van der Waals surface area contributed by atoms with Crippen LogP contribution < -0.4 is 10.6 Å². The van der Waals surface area contributed by atoms with E-state index in [0.717, 1.165) is 24.8 Å². The summed E-state index contributed by atoms with van der Waals surface area (Å²) in [5, 5.41) is 15.4. The Hall–Kier alpha value is -3.59. The molecule has 2 N–H and O–H groups in total. The van der Waals surface area contributed by atoms with Gasteiger partial charge in [0, 0.05) is 11.9 Å². The molecule has 0 aromatic heterocycles. The molecule has 3 rings (SSSR count). The highest BCUT2D eigenvalue weighted by Gasteiger charge is 2.15. The molecule has 0 radical (unpaired) electrons. The lowest BCUT2D eigenvalue weighted by Crippen LogP contribution is -2.20. The molecule has 0 heterocycles. The van der Waals surface area contributed by atoms with Gasteiger partial charge in [-0.2, -0.15) is 5.26 Å². The molecule has 1 atom stereocenters. The molecule has 6 nitrogen and oxygen atoms in total. The van der Waals surface area contributed by atoms with Crippen LogP contribution in [-0.2, 0) is 22.4 Å². The maximum absolute atomic E-state index is 12.6. The van der Waals surface area contributed by atoms with Crippen molar-refractivity contribution >= 4 is 17.6 Å². The van der Waals surface area contributed by atoms with E-state index in [0.29, 0.717) is 17.9 Å². The van der Waals surface area contributed by atoms with Gasteiger partial charge in [-0.25, -0.2) is 4.79 Å². The minimum absolute atomic E-state index is 0.0160. The van der Waals surface area contributed by atoms with Crippen LogP contribution in [0.1, 0.15) is 66.2 Å². The van der Waals surface area contributed by atoms with Crippen LogP contribution in [0.25, 0.3) is 0 Å². The second-order valence-electron chi connectivity index (χ2n) is 7.78. The van der Waals surface area contributed by atoms with Crippen LogP contribution in [-0.4, -0.2) is 18.5 Å². The van der Waals surface area contributed by atoms with Crippen LogP contribution in [0.4, 0.5) is 5.69 Å². The first kappa shape index (κ1) is 23.1. The van der Waals surface area contributed by atoms with Crippen LogP contribution >= 0.6 is 0 Å². The molecule has 1 aliphatic carbocycles. The smallest absolute Gasteiger partial charge is 0.338 e. The third-order valence-electron chi connectivity index (χ3n) is 5.63. The molecule has 0 saturated heterocycles. The molecule has 1 amide bonds. The summed E-state index contributed by atoms with van der Waals surface area (Å²) in [5.41, 5.74) is 4.87. The van der Waals surface area contributed by atoms with Crippen molar-refractivity contribution in [1.29, 1.82) is 5.26 Å². The van der Waals surface area contributed by atoms with Crippen molar-refractivity contribution in [3.8, 4) is 6.07 Å². The summed E-state index contributed by atoms with van der Waals surface area (Å²) in [4.78, 5) is 24.3. The largest absolute Gasteiger partial charge is 0.462 e. The van der Waals surface area contributed by atoms with Crippen LogP contribution in [0.3, 0.4) is 0 Å². The normalized spacial score (nSPS) is 14.0. The Kier molecular flexibility index (Phi) is 8.04. The van der Waals surface area contributed by atoms with E-state index in [-0.39, 0.29) is 11.6 Å². The summed E-state index contributed by atoms with van der Waals surface area (Å²) >= 11 is 0. The summed E-state index contributed by atoms with van der Waals surface area (Å²) in [5.74, 6) is -0.927. The van der Waals surface area contributed by atoms with Crippen LogP contribution in [0.5, 0.6) is 0 Å². The lowest BCUT2D eigenvalue weighted by Gasteiger charge is -2.21. The van der Waals surface area contributed by atoms with Crippen LogP contribution in [0, 0.1) is 11.3 Å². The van der Waals surface area contributed by atoms with E-state index in [1.165, 1.54) is 30.2 Å². The topological polar surface area (TPSA) is 91.2 Å². The van der Waals surface area contributed by atoms with E-state index in [2.05, 4.69) is 35.8 Å². The zero-order valence-corrected chi connectivity index (χ0v) is 18.6. The number of fused-ring (bicyclic) bond motifs is 1. The quantitative estimate of drug-likeness (QED) is 0.355. The van der Waals surface area contributed by atoms with Crippen molar-refractivity contribution < 1.29 is 14.3 Å². The molecule has 0 saturated carbocycles. The molecule has 2 aromatic rings. The molecule has 32 heavy (non-hydrogen) atoms. The number of nitrogens with zero attached hydrogens (tertiary/aromatic N) is 1. The maximum Gasteiger partial charge on any atom is 0.338 e. The number of rotatable bonds is 8. The Balaban J connectivity index is 1.66. The van der Waals surface area contributed by atoms with Gasteiger partial charge in [0.25, 0.3) is 5.91 Å². The first-order chi connectivity index (χ1) is 15.5. The van der Waals surface area contributed by atoms with Gasteiger partial charge in [0.2, 0.25) is 0 Å². The zero-order valence-electron chi connectivity index (χ0n) is 18.6. The van der Waals surface area contributed by atoms with Crippen molar-refractivity contribution in [3.63, 3.8) is 0 Å². The highest BCUT2D eigenvalue weighted by molar-refractivity contribution is 6.06. The summed E-state index contributed by atoms with van der Waals surface area (Å²) < 4.78 is 4.95. The minimum Gasteiger partial charge on any atom is -0.462 e. The molecule has 1 aliphatic rings.